The summed E-state index contributed by atoms with van der Waals surface area (Å²) in [6, 6.07) is 16.1. The lowest BCUT2D eigenvalue weighted by molar-refractivity contribution is -0.146. The summed E-state index contributed by atoms with van der Waals surface area (Å²) >= 11 is 0. The van der Waals surface area contributed by atoms with Crippen molar-refractivity contribution in [3.05, 3.63) is 83.7 Å². The number of methoxy groups -OCH3 is 1. The van der Waals surface area contributed by atoms with Gasteiger partial charge in [0.1, 0.15) is 0 Å². The zero-order valence-corrected chi connectivity index (χ0v) is 19.6. The molecule has 0 unspecified atom stereocenters. The molecule has 0 saturated carbocycles. The number of carbonyl (C=O) groups excluding carboxylic acids is 3. The molecule has 1 saturated heterocycles. The molecular formula is C27H28N4O4. The second-order valence-corrected chi connectivity index (χ2v) is 8.44. The van der Waals surface area contributed by atoms with Crippen molar-refractivity contribution < 1.29 is 19.1 Å². The van der Waals surface area contributed by atoms with Crippen LogP contribution in [0.3, 0.4) is 0 Å². The van der Waals surface area contributed by atoms with Crippen molar-refractivity contribution in [3.63, 3.8) is 0 Å². The lowest BCUT2D eigenvalue weighted by Gasteiger charge is -2.30. The van der Waals surface area contributed by atoms with E-state index in [-0.39, 0.29) is 23.7 Å². The summed E-state index contributed by atoms with van der Waals surface area (Å²) in [7, 11) is 1.39. The highest BCUT2D eigenvalue weighted by molar-refractivity contribution is 6.05. The molecule has 1 aromatic heterocycles. The molecule has 2 heterocycles. The van der Waals surface area contributed by atoms with E-state index in [1.807, 2.05) is 24.3 Å². The highest BCUT2D eigenvalue weighted by atomic mass is 16.5. The van der Waals surface area contributed by atoms with Crippen molar-refractivity contribution in [1.29, 1.82) is 0 Å². The Morgan fingerprint density at radius 3 is 2.46 bits per heavy atom. The number of aromatic nitrogens is 1. The van der Waals surface area contributed by atoms with Crippen LogP contribution in [0.2, 0.25) is 0 Å². The number of pyridine rings is 1. The normalized spacial score (nSPS) is 13.8. The number of nitrogens with one attached hydrogen (secondary N) is 1. The summed E-state index contributed by atoms with van der Waals surface area (Å²) in [4.78, 5) is 43.5. The van der Waals surface area contributed by atoms with Gasteiger partial charge >= 0.3 is 5.97 Å². The summed E-state index contributed by atoms with van der Waals surface area (Å²) in [5, 5.41) is 2.86. The van der Waals surface area contributed by atoms with E-state index in [2.05, 4.69) is 10.3 Å². The fourth-order valence-corrected chi connectivity index (χ4v) is 4.29. The van der Waals surface area contributed by atoms with Gasteiger partial charge < -0.3 is 20.7 Å². The Morgan fingerprint density at radius 2 is 1.77 bits per heavy atom. The minimum absolute atomic E-state index is 0.0870. The number of rotatable bonds is 6. The number of carbonyl (C=O) groups is 3. The van der Waals surface area contributed by atoms with Crippen LogP contribution < -0.4 is 11.1 Å². The van der Waals surface area contributed by atoms with E-state index in [9.17, 15) is 14.4 Å². The largest absolute Gasteiger partial charge is 0.469 e. The first-order chi connectivity index (χ1) is 17.0. The standard InChI is InChI=1S/C27H28N4O4/c1-35-27(34)18-9-13-31(14-10-18)26(33)21-4-2-3-19(15-21)24-16-20(5-6-22(24)17-28)25(32)30-23-7-11-29-12-8-23/h2-8,11-12,15-16,18H,9-10,13-14,17,28H2,1H3,(H,29,30,32). The lowest BCUT2D eigenvalue weighted by Crippen LogP contribution is -2.40. The van der Waals surface area contributed by atoms with Gasteiger partial charge in [-0.3, -0.25) is 19.4 Å². The van der Waals surface area contributed by atoms with Gasteiger partial charge in [-0.1, -0.05) is 18.2 Å². The SMILES string of the molecule is COC(=O)C1CCN(C(=O)c2cccc(-c3cc(C(=O)Nc4ccncc4)ccc3CN)c2)CC1. The van der Waals surface area contributed by atoms with E-state index in [0.717, 1.165) is 16.7 Å². The average molecular weight is 473 g/mol. The van der Waals surface area contributed by atoms with E-state index in [1.165, 1.54) is 7.11 Å². The topological polar surface area (TPSA) is 115 Å². The minimum Gasteiger partial charge on any atom is -0.469 e. The molecule has 2 amide bonds. The van der Waals surface area contributed by atoms with Crippen molar-refractivity contribution in [2.24, 2.45) is 11.7 Å². The average Bonchev–Trinajstić information content (AvgIpc) is 2.92. The number of anilines is 1. The van der Waals surface area contributed by atoms with E-state index in [4.69, 9.17) is 10.5 Å². The highest BCUT2D eigenvalue weighted by Gasteiger charge is 2.28. The first-order valence-electron chi connectivity index (χ1n) is 11.5. The molecule has 8 nitrogen and oxygen atoms in total. The van der Waals surface area contributed by atoms with Gasteiger partial charge in [-0.15, -0.1) is 0 Å². The van der Waals surface area contributed by atoms with Crippen LogP contribution in [0.25, 0.3) is 11.1 Å². The number of hydrogen-bond acceptors (Lipinski definition) is 6. The maximum atomic E-state index is 13.2. The molecule has 0 aliphatic carbocycles. The summed E-state index contributed by atoms with van der Waals surface area (Å²) in [5.41, 5.74) is 10.1. The molecular weight excluding hydrogens is 444 g/mol. The smallest absolute Gasteiger partial charge is 0.308 e. The molecule has 1 fully saturated rings. The van der Waals surface area contributed by atoms with Gasteiger partial charge in [0.05, 0.1) is 13.0 Å². The Morgan fingerprint density at radius 1 is 1.03 bits per heavy atom. The number of nitrogens with zero attached hydrogens (tertiary/aromatic N) is 2. The fourth-order valence-electron chi connectivity index (χ4n) is 4.29. The number of nitrogens with two attached hydrogens (primary N) is 1. The van der Waals surface area contributed by atoms with E-state index in [1.54, 1.807) is 47.6 Å². The Kier molecular flexibility index (Phi) is 7.52. The van der Waals surface area contributed by atoms with Crippen LogP contribution in [0.4, 0.5) is 5.69 Å². The highest BCUT2D eigenvalue weighted by Crippen LogP contribution is 2.28. The maximum Gasteiger partial charge on any atom is 0.308 e. The van der Waals surface area contributed by atoms with Crippen LogP contribution in [0.5, 0.6) is 0 Å². The number of ether oxygens (including phenoxy) is 1. The van der Waals surface area contributed by atoms with Gasteiger partial charge in [0.15, 0.2) is 0 Å². The number of benzene rings is 2. The molecule has 1 aliphatic heterocycles. The summed E-state index contributed by atoms with van der Waals surface area (Å²) < 4.78 is 4.83. The predicted octanol–water partition coefficient (Wildman–Crippen LogP) is 3.48. The molecule has 8 heteroatoms. The van der Waals surface area contributed by atoms with Crippen molar-refractivity contribution in [1.82, 2.24) is 9.88 Å². The van der Waals surface area contributed by atoms with E-state index >= 15 is 0 Å². The van der Waals surface area contributed by atoms with Crippen LogP contribution in [0, 0.1) is 5.92 Å². The third kappa shape index (κ3) is 5.55. The van der Waals surface area contributed by atoms with E-state index in [0.29, 0.717) is 49.3 Å². The number of piperidine rings is 1. The number of likely N-dealkylation sites (tertiary alicyclic amines) is 1. The fraction of sp³-hybridized carbons (Fsp3) is 0.259. The Balaban J connectivity index is 1.55. The van der Waals surface area contributed by atoms with Gasteiger partial charge in [-0.05, 0) is 65.9 Å². The molecule has 0 spiro atoms. The van der Waals surface area contributed by atoms with Crippen molar-refractivity contribution in [3.8, 4) is 11.1 Å². The second-order valence-electron chi connectivity index (χ2n) is 8.44. The molecule has 3 aromatic rings. The molecule has 1 aliphatic rings. The van der Waals surface area contributed by atoms with Crippen LogP contribution in [-0.2, 0) is 16.1 Å². The van der Waals surface area contributed by atoms with Crippen molar-refractivity contribution in [2.45, 2.75) is 19.4 Å². The quantitative estimate of drug-likeness (QED) is 0.531. The van der Waals surface area contributed by atoms with Gasteiger partial charge in [0.25, 0.3) is 11.8 Å². The van der Waals surface area contributed by atoms with Crippen LogP contribution in [0.1, 0.15) is 39.1 Å². The van der Waals surface area contributed by atoms with Gasteiger partial charge in [0, 0.05) is 48.8 Å². The third-order valence-corrected chi connectivity index (χ3v) is 6.27. The van der Waals surface area contributed by atoms with Gasteiger partial charge in [0.2, 0.25) is 0 Å². The van der Waals surface area contributed by atoms with Crippen molar-refractivity contribution in [2.75, 3.05) is 25.5 Å². The monoisotopic (exact) mass is 472 g/mol. The molecule has 0 bridgehead atoms. The third-order valence-electron chi connectivity index (χ3n) is 6.27. The Hall–Kier alpha value is -4.04. The summed E-state index contributed by atoms with van der Waals surface area (Å²) in [6.45, 7) is 1.30. The molecule has 4 rings (SSSR count). The summed E-state index contributed by atoms with van der Waals surface area (Å²) in [5.74, 6) is -0.720. The van der Waals surface area contributed by atoms with Crippen LogP contribution in [0.15, 0.2) is 67.0 Å². The molecule has 35 heavy (non-hydrogen) atoms. The molecule has 0 radical (unpaired) electrons. The number of esters is 1. The maximum absolute atomic E-state index is 13.2. The molecule has 180 valence electrons. The van der Waals surface area contributed by atoms with Crippen molar-refractivity contribution >= 4 is 23.5 Å². The second kappa shape index (κ2) is 10.9. The van der Waals surface area contributed by atoms with Crippen LogP contribution in [-0.4, -0.2) is 47.9 Å². The first-order valence-corrected chi connectivity index (χ1v) is 11.5. The van der Waals surface area contributed by atoms with Gasteiger partial charge in [-0.2, -0.15) is 0 Å². The molecule has 0 atom stereocenters. The molecule has 2 aromatic carbocycles. The van der Waals surface area contributed by atoms with E-state index < -0.39 is 0 Å². The zero-order valence-electron chi connectivity index (χ0n) is 19.6. The Labute approximate surface area is 204 Å². The zero-order chi connectivity index (χ0) is 24.8. The lowest BCUT2D eigenvalue weighted by atomic mass is 9.94. The first kappa shape index (κ1) is 24.1. The number of hydrogen-bond donors (Lipinski definition) is 2. The minimum atomic E-state index is -0.248. The van der Waals surface area contributed by atoms with Gasteiger partial charge in [-0.25, -0.2) is 0 Å². The summed E-state index contributed by atoms with van der Waals surface area (Å²) in [6.07, 6.45) is 4.39. The Bertz CT molecular complexity index is 1220. The number of amides is 2. The molecule has 3 N–H and O–H groups in total. The van der Waals surface area contributed by atoms with Crippen LogP contribution >= 0.6 is 0 Å². The predicted molar refractivity (Wildman–Crippen MR) is 133 cm³/mol.